The molecule has 2 N–H and O–H groups in total. The number of amides is 2. The Labute approximate surface area is 166 Å². The summed E-state index contributed by atoms with van der Waals surface area (Å²) in [5.74, 6) is -1.40. The van der Waals surface area contributed by atoms with Crippen molar-refractivity contribution in [3.8, 4) is 11.5 Å². The number of carbonyl (C=O) groups is 3. The monoisotopic (exact) mass is 404 g/mol. The van der Waals surface area contributed by atoms with Gasteiger partial charge in [0.2, 0.25) is 5.91 Å². The molecule has 0 bridgehead atoms. The summed E-state index contributed by atoms with van der Waals surface area (Å²) in [5.41, 5.74) is 0.766. The SMILES string of the molecule is COc1ccc(NC(C)=O)cc1NC(=O)COC(=O)[C@H](C)Oc1ccc(F)cc1. The average Bonchev–Trinajstić information content (AvgIpc) is 2.67. The van der Waals surface area contributed by atoms with E-state index in [9.17, 15) is 18.8 Å². The molecular weight excluding hydrogens is 383 g/mol. The van der Waals surface area contributed by atoms with Crippen LogP contribution >= 0.6 is 0 Å². The molecule has 2 aromatic carbocycles. The highest BCUT2D eigenvalue weighted by molar-refractivity contribution is 5.96. The van der Waals surface area contributed by atoms with Gasteiger partial charge in [0.25, 0.3) is 5.91 Å². The van der Waals surface area contributed by atoms with Gasteiger partial charge in [-0.25, -0.2) is 9.18 Å². The van der Waals surface area contributed by atoms with Crippen molar-refractivity contribution in [2.75, 3.05) is 24.4 Å². The van der Waals surface area contributed by atoms with E-state index in [0.29, 0.717) is 22.9 Å². The molecule has 0 spiro atoms. The van der Waals surface area contributed by atoms with Gasteiger partial charge in [0.1, 0.15) is 17.3 Å². The number of rotatable bonds is 8. The Bertz CT molecular complexity index is 885. The minimum absolute atomic E-state index is 0.267. The van der Waals surface area contributed by atoms with Crippen LogP contribution in [0, 0.1) is 5.82 Å². The van der Waals surface area contributed by atoms with E-state index in [2.05, 4.69) is 10.6 Å². The topological polar surface area (TPSA) is 103 Å². The summed E-state index contributed by atoms with van der Waals surface area (Å²) in [6, 6.07) is 9.85. The van der Waals surface area contributed by atoms with Crippen molar-refractivity contribution in [3.63, 3.8) is 0 Å². The van der Waals surface area contributed by atoms with Crippen molar-refractivity contribution < 1.29 is 33.0 Å². The van der Waals surface area contributed by atoms with Crippen LogP contribution in [0.4, 0.5) is 15.8 Å². The Morgan fingerprint density at radius 1 is 1.07 bits per heavy atom. The Morgan fingerprint density at radius 3 is 2.38 bits per heavy atom. The fraction of sp³-hybridized carbons (Fsp3) is 0.250. The van der Waals surface area contributed by atoms with Gasteiger partial charge in [-0.3, -0.25) is 9.59 Å². The second kappa shape index (κ2) is 10.1. The second-order valence-electron chi connectivity index (χ2n) is 5.97. The van der Waals surface area contributed by atoms with Crippen molar-refractivity contribution in [1.82, 2.24) is 0 Å². The molecule has 0 saturated heterocycles. The van der Waals surface area contributed by atoms with Crippen LogP contribution in [-0.4, -0.2) is 37.6 Å². The van der Waals surface area contributed by atoms with E-state index < -0.39 is 30.4 Å². The Hall–Kier alpha value is -3.62. The van der Waals surface area contributed by atoms with E-state index in [4.69, 9.17) is 14.2 Å². The third kappa shape index (κ3) is 6.80. The molecule has 0 aliphatic carbocycles. The normalized spacial score (nSPS) is 11.2. The van der Waals surface area contributed by atoms with Crippen LogP contribution in [0.15, 0.2) is 42.5 Å². The van der Waals surface area contributed by atoms with Gasteiger partial charge in [-0.1, -0.05) is 0 Å². The number of benzene rings is 2. The fourth-order valence-electron chi connectivity index (χ4n) is 2.29. The van der Waals surface area contributed by atoms with Crippen molar-refractivity contribution >= 4 is 29.2 Å². The van der Waals surface area contributed by atoms with E-state index >= 15 is 0 Å². The minimum Gasteiger partial charge on any atom is -0.495 e. The molecule has 154 valence electrons. The molecule has 29 heavy (non-hydrogen) atoms. The quantitative estimate of drug-likeness (QED) is 0.656. The average molecular weight is 404 g/mol. The molecule has 2 amide bonds. The smallest absolute Gasteiger partial charge is 0.347 e. The number of halogens is 1. The molecule has 1 atom stereocenters. The molecule has 0 aromatic heterocycles. The van der Waals surface area contributed by atoms with Gasteiger partial charge in [-0.15, -0.1) is 0 Å². The second-order valence-corrected chi connectivity index (χ2v) is 5.97. The highest BCUT2D eigenvalue weighted by Crippen LogP contribution is 2.27. The number of methoxy groups -OCH3 is 1. The number of ether oxygens (including phenoxy) is 3. The summed E-state index contributed by atoms with van der Waals surface area (Å²) in [4.78, 5) is 35.3. The van der Waals surface area contributed by atoms with Crippen molar-refractivity contribution in [2.24, 2.45) is 0 Å². The lowest BCUT2D eigenvalue weighted by Gasteiger charge is -2.15. The number of carbonyl (C=O) groups excluding carboxylic acids is 3. The fourth-order valence-corrected chi connectivity index (χ4v) is 2.29. The van der Waals surface area contributed by atoms with Gasteiger partial charge < -0.3 is 24.8 Å². The predicted octanol–water partition coefficient (Wildman–Crippen LogP) is 2.74. The molecule has 0 saturated carbocycles. The number of hydrogen-bond donors (Lipinski definition) is 2. The first-order valence-corrected chi connectivity index (χ1v) is 8.63. The first-order valence-electron chi connectivity index (χ1n) is 8.63. The number of anilines is 2. The maximum Gasteiger partial charge on any atom is 0.347 e. The maximum absolute atomic E-state index is 12.9. The van der Waals surface area contributed by atoms with E-state index in [1.165, 1.54) is 51.3 Å². The standard InChI is InChI=1S/C20H21FN2O6/c1-12(29-16-7-4-14(21)5-8-16)20(26)28-11-19(25)23-17-10-15(22-13(2)24)6-9-18(17)27-3/h4-10,12H,11H2,1-3H3,(H,22,24)(H,23,25)/t12-/m0/s1. The summed E-state index contributed by atoms with van der Waals surface area (Å²) >= 11 is 0. The number of nitrogens with one attached hydrogen (secondary N) is 2. The lowest BCUT2D eigenvalue weighted by atomic mass is 10.2. The molecule has 0 heterocycles. The zero-order chi connectivity index (χ0) is 21.4. The molecule has 0 aliphatic heterocycles. The van der Waals surface area contributed by atoms with E-state index in [0.717, 1.165) is 0 Å². The molecule has 0 aliphatic rings. The summed E-state index contributed by atoms with van der Waals surface area (Å²) in [7, 11) is 1.43. The minimum atomic E-state index is -0.995. The summed E-state index contributed by atoms with van der Waals surface area (Å²) in [6.07, 6.45) is -0.995. The predicted molar refractivity (Wildman–Crippen MR) is 103 cm³/mol. The highest BCUT2D eigenvalue weighted by atomic mass is 19.1. The molecule has 9 heteroatoms. The third-order valence-electron chi connectivity index (χ3n) is 3.60. The van der Waals surface area contributed by atoms with Gasteiger partial charge in [-0.2, -0.15) is 0 Å². The van der Waals surface area contributed by atoms with Crippen LogP contribution < -0.4 is 20.1 Å². The van der Waals surface area contributed by atoms with Gasteiger partial charge in [0.15, 0.2) is 12.7 Å². The largest absolute Gasteiger partial charge is 0.495 e. The summed E-state index contributed by atoms with van der Waals surface area (Å²) in [6.45, 7) is 2.25. The lowest BCUT2D eigenvalue weighted by molar-refractivity contribution is -0.153. The zero-order valence-electron chi connectivity index (χ0n) is 16.2. The molecule has 8 nitrogen and oxygen atoms in total. The van der Waals surface area contributed by atoms with Crippen LogP contribution in [0.1, 0.15) is 13.8 Å². The van der Waals surface area contributed by atoms with Crippen molar-refractivity contribution in [3.05, 3.63) is 48.3 Å². The van der Waals surface area contributed by atoms with Crippen LogP contribution in [-0.2, 0) is 19.1 Å². The molecule has 2 aromatic rings. The highest BCUT2D eigenvalue weighted by Gasteiger charge is 2.18. The van der Waals surface area contributed by atoms with E-state index in [-0.39, 0.29) is 5.91 Å². The molecule has 0 unspecified atom stereocenters. The van der Waals surface area contributed by atoms with Crippen LogP contribution in [0.3, 0.4) is 0 Å². The number of esters is 1. The van der Waals surface area contributed by atoms with Gasteiger partial charge in [0.05, 0.1) is 12.8 Å². The van der Waals surface area contributed by atoms with Crippen molar-refractivity contribution in [1.29, 1.82) is 0 Å². The molecular formula is C20H21FN2O6. The van der Waals surface area contributed by atoms with Crippen molar-refractivity contribution in [2.45, 2.75) is 20.0 Å². The van der Waals surface area contributed by atoms with E-state index in [1.807, 2.05) is 0 Å². The lowest BCUT2D eigenvalue weighted by Crippen LogP contribution is -2.29. The number of hydrogen-bond acceptors (Lipinski definition) is 6. The van der Waals surface area contributed by atoms with Gasteiger partial charge in [0, 0.05) is 12.6 Å². The van der Waals surface area contributed by atoms with Crippen LogP contribution in [0.5, 0.6) is 11.5 Å². The Balaban J connectivity index is 1.90. The maximum atomic E-state index is 12.9. The zero-order valence-corrected chi connectivity index (χ0v) is 16.2. The molecule has 0 fully saturated rings. The first kappa shape index (κ1) is 21.7. The third-order valence-corrected chi connectivity index (χ3v) is 3.60. The first-order chi connectivity index (χ1) is 13.8. The Kier molecular flexibility index (Phi) is 7.53. The van der Waals surface area contributed by atoms with Crippen LogP contribution in [0.25, 0.3) is 0 Å². The summed E-state index contributed by atoms with van der Waals surface area (Å²) < 4.78 is 28.3. The van der Waals surface area contributed by atoms with Gasteiger partial charge >= 0.3 is 5.97 Å². The van der Waals surface area contributed by atoms with E-state index in [1.54, 1.807) is 12.1 Å². The van der Waals surface area contributed by atoms with Crippen LogP contribution in [0.2, 0.25) is 0 Å². The van der Waals surface area contributed by atoms with Gasteiger partial charge in [-0.05, 0) is 49.4 Å². The molecule has 2 rings (SSSR count). The molecule has 0 radical (unpaired) electrons. The Morgan fingerprint density at radius 2 is 1.76 bits per heavy atom. The summed E-state index contributed by atoms with van der Waals surface area (Å²) in [5, 5.41) is 5.14.